The summed E-state index contributed by atoms with van der Waals surface area (Å²) in [6.07, 6.45) is 3.94. The van der Waals surface area contributed by atoms with Crippen LogP contribution in [0, 0.1) is 34.5 Å². The van der Waals surface area contributed by atoms with Gasteiger partial charge in [-0.25, -0.2) is 4.79 Å². The largest absolute Gasteiger partial charge is 0.480 e. The van der Waals surface area contributed by atoms with Gasteiger partial charge in [0.2, 0.25) is 17.6 Å². The number of esters is 1. The lowest BCUT2D eigenvalue weighted by molar-refractivity contribution is -0.184. The summed E-state index contributed by atoms with van der Waals surface area (Å²) >= 11 is 3.92. The summed E-state index contributed by atoms with van der Waals surface area (Å²) in [6, 6.07) is -2.27. The standard InChI is InChI=1S/C33H48N2O10S/c1-17(2)28(29(41)34-22(16-46)30(42)43)35-25(39)7-8-26(40)45-15-24(38)33(44)12-10-21-20-6-5-18-13-19(36)9-11-31(18,3)27(20)23(37)14-32(21,33)4/h13,17,20-23,27-28,37,44,46H,5-12,14-16H2,1-4H3,(H,34,41)(H,35,39)(H,42,43)/t20-,21+,22-,23+,27-,28-,31-,32-,33-/m0/s1. The lowest BCUT2D eigenvalue weighted by Gasteiger charge is -2.60. The van der Waals surface area contributed by atoms with Crippen molar-refractivity contribution in [3.05, 3.63) is 11.6 Å². The summed E-state index contributed by atoms with van der Waals surface area (Å²) in [4.78, 5) is 74.5. The van der Waals surface area contributed by atoms with Gasteiger partial charge in [-0.15, -0.1) is 0 Å². The van der Waals surface area contributed by atoms with Crippen molar-refractivity contribution >= 4 is 47.9 Å². The Bertz CT molecular complexity index is 1300. The molecule has 0 aromatic carbocycles. The highest BCUT2D eigenvalue weighted by Gasteiger charge is 2.68. The molecule has 0 saturated heterocycles. The molecule has 0 spiro atoms. The smallest absolute Gasteiger partial charge is 0.327 e. The number of thiol groups is 1. The number of aliphatic hydroxyl groups is 2. The minimum atomic E-state index is -1.79. The predicted octanol–water partition coefficient (Wildman–Crippen LogP) is 1.75. The summed E-state index contributed by atoms with van der Waals surface area (Å²) in [5.74, 6) is -4.45. The van der Waals surface area contributed by atoms with Crippen LogP contribution in [-0.4, -0.2) is 86.8 Å². The number of rotatable bonds is 12. The molecule has 12 nitrogen and oxygen atoms in total. The normalized spacial score (nSPS) is 34.7. The monoisotopic (exact) mass is 664 g/mol. The number of hydrogen-bond acceptors (Lipinski definition) is 10. The van der Waals surface area contributed by atoms with E-state index in [4.69, 9.17) is 9.84 Å². The molecule has 4 aliphatic carbocycles. The number of hydrogen-bond donors (Lipinski definition) is 6. The van der Waals surface area contributed by atoms with Crippen LogP contribution < -0.4 is 10.6 Å². The number of carbonyl (C=O) groups excluding carboxylic acids is 5. The van der Waals surface area contributed by atoms with E-state index in [-0.39, 0.29) is 66.3 Å². The van der Waals surface area contributed by atoms with E-state index in [9.17, 15) is 39.0 Å². The van der Waals surface area contributed by atoms with E-state index in [0.29, 0.717) is 19.3 Å². The quantitative estimate of drug-likeness (QED) is 0.132. The average molecular weight is 665 g/mol. The molecule has 9 atom stereocenters. The molecule has 256 valence electrons. The third kappa shape index (κ3) is 6.64. The van der Waals surface area contributed by atoms with Crippen molar-refractivity contribution < 1.29 is 48.8 Å². The van der Waals surface area contributed by atoms with Crippen LogP contribution in [0.25, 0.3) is 0 Å². The van der Waals surface area contributed by atoms with E-state index < -0.39 is 65.3 Å². The Kier molecular flexibility index (Phi) is 10.8. The van der Waals surface area contributed by atoms with Crippen LogP contribution in [0.1, 0.15) is 85.5 Å². The van der Waals surface area contributed by atoms with Gasteiger partial charge in [0.25, 0.3) is 0 Å². The number of ketones is 2. The molecular weight excluding hydrogens is 616 g/mol. The summed E-state index contributed by atoms with van der Waals surface area (Å²) in [7, 11) is 0. The fourth-order valence-corrected chi connectivity index (χ4v) is 9.18. The van der Waals surface area contributed by atoms with Gasteiger partial charge < -0.3 is 30.7 Å². The Morgan fingerprint density at radius 2 is 1.76 bits per heavy atom. The number of allylic oxidation sites excluding steroid dienone is 1. The predicted molar refractivity (Wildman–Crippen MR) is 168 cm³/mol. The highest BCUT2D eigenvalue weighted by atomic mass is 32.1. The van der Waals surface area contributed by atoms with Crippen LogP contribution >= 0.6 is 12.6 Å². The molecule has 0 aromatic heterocycles. The maximum atomic E-state index is 13.5. The van der Waals surface area contributed by atoms with E-state index in [1.165, 1.54) is 0 Å². The van der Waals surface area contributed by atoms with Crippen molar-refractivity contribution in [1.29, 1.82) is 0 Å². The number of fused-ring (bicyclic) bond motifs is 5. The van der Waals surface area contributed by atoms with E-state index in [0.717, 1.165) is 18.4 Å². The molecule has 3 fully saturated rings. The van der Waals surface area contributed by atoms with E-state index in [2.05, 4.69) is 30.2 Å². The first-order valence-corrected chi connectivity index (χ1v) is 16.9. The molecule has 4 rings (SSSR count). The van der Waals surface area contributed by atoms with E-state index in [1.54, 1.807) is 19.9 Å². The number of ether oxygens (including phenoxy) is 1. The average Bonchev–Trinajstić information content (AvgIpc) is 3.26. The SMILES string of the molecule is CC(C)[C@H](NC(=O)CCC(=O)OCC(=O)[C@@]1(O)CC[C@@H]2[C@@H]3CCC4=CC(=O)CC[C@]4(C)[C@@H]3[C@H](O)C[C@@]21C)C(=O)N[C@@H](CS)C(=O)O. The summed E-state index contributed by atoms with van der Waals surface area (Å²) in [6.45, 7) is 6.66. The number of carboxylic acid groups (broad SMARTS) is 1. The first-order valence-electron chi connectivity index (χ1n) is 16.2. The second-order valence-electron chi connectivity index (χ2n) is 14.4. The maximum Gasteiger partial charge on any atom is 0.327 e. The molecule has 13 heteroatoms. The van der Waals surface area contributed by atoms with Crippen LogP contribution in [0.5, 0.6) is 0 Å². The molecule has 2 amide bonds. The maximum absolute atomic E-state index is 13.5. The van der Waals surface area contributed by atoms with Gasteiger partial charge in [0.05, 0.1) is 12.5 Å². The minimum absolute atomic E-state index is 0.0186. The summed E-state index contributed by atoms with van der Waals surface area (Å²) in [5, 5.41) is 37.4. The topological polar surface area (TPSA) is 196 Å². The molecular formula is C33H48N2O10S. The third-order valence-electron chi connectivity index (χ3n) is 11.5. The number of aliphatic carboxylic acids is 1. The second-order valence-corrected chi connectivity index (χ2v) is 14.8. The van der Waals surface area contributed by atoms with E-state index >= 15 is 0 Å². The molecule has 4 aliphatic rings. The van der Waals surface area contributed by atoms with Crippen LogP contribution in [0.2, 0.25) is 0 Å². The van der Waals surface area contributed by atoms with Crippen molar-refractivity contribution in [3.63, 3.8) is 0 Å². The van der Waals surface area contributed by atoms with E-state index in [1.807, 2.05) is 6.92 Å². The number of Topliss-reactive ketones (excluding diaryl/α,β-unsaturated/α-hetero) is 1. The Morgan fingerprint density at radius 3 is 2.39 bits per heavy atom. The molecule has 5 N–H and O–H groups in total. The molecule has 0 aromatic rings. The van der Waals surface area contributed by atoms with Crippen LogP contribution in [0.3, 0.4) is 0 Å². The van der Waals surface area contributed by atoms with Gasteiger partial charge in [0.15, 0.2) is 12.4 Å². The number of nitrogens with one attached hydrogen (secondary N) is 2. The molecule has 46 heavy (non-hydrogen) atoms. The molecule has 0 unspecified atom stereocenters. The van der Waals surface area contributed by atoms with Gasteiger partial charge in [-0.05, 0) is 73.7 Å². The van der Waals surface area contributed by atoms with Crippen molar-refractivity contribution in [3.8, 4) is 0 Å². The third-order valence-corrected chi connectivity index (χ3v) is 11.9. The number of carboxylic acids is 1. The Hall–Kier alpha value is -2.77. The van der Waals surface area contributed by atoms with Gasteiger partial charge in [0.1, 0.15) is 17.7 Å². The van der Waals surface area contributed by atoms with Crippen LogP contribution in [0.4, 0.5) is 0 Å². The number of amides is 2. The number of aliphatic hydroxyl groups excluding tert-OH is 1. The zero-order valence-corrected chi connectivity index (χ0v) is 27.9. The molecule has 0 radical (unpaired) electrons. The zero-order valence-electron chi connectivity index (χ0n) is 27.0. The second kappa shape index (κ2) is 13.8. The van der Waals surface area contributed by atoms with Crippen LogP contribution in [0.15, 0.2) is 11.6 Å². The Labute approximate surface area is 274 Å². The number of carbonyl (C=O) groups is 6. The summed E-state index contributed by atoms with van der Waals surface area (Å²) < 4.78 is 5.20. The van der Waals surface area contributed by atoms with Crippen molar-refractivity contribution in [1.82, 2.24) is 10.6 Å². The first kappa shape index (κ1) is 36.1. The molecule has 0 heterocycles. The van der Waals surface area contributed by atoms with Gasteiger partial charge >= 0.3 is 11.9 Å². The lowest BCUT2D eigenvalue weighted by Crippen LogP contribution is -2.62. The Balaban J connectivity index is 1.33. The van der Waals surface area contributed by atoms with Gasteiger partial charge in [-0.1, -0.05) is 33.3 Å². The highest BCUT2D eigenvalue weighted by Crippen LogP contribution is 2.67. The minimum Gasteiger partial charge on any atom is -0.480 e. The van der Waals surface area contributed by atoms with Crippen molar-refractivity contribution in [2.45, 2.75) is 109 Å². The van der Waals surface area contributed by atoms with Crippen molar-refractivity contribution in [2.75, 3.05) is 12.4 Å². The molecule has 0 bridgehead atoms. The van der Waals surface area contributed by atoms with Gasteiger partial charge in [0, 0.05) is 24.0 Å². The first-order chi connectivity index (χ1) is 21.5. The molecule has 0 aliphatic heterocycles. The van der Waals surface area contributed by atoms with Gasteiger partial charge in [-0.2, -0.15) is 12.6 Å². The van der Waals surface area contributed by atoms with Crippen molar-refractivity contribution in [2.24, 2.45) is 34.5 Å². The van der Waals surface area contributed by atoms with Crippen LogP contribution in [-0.2, 0) is 33.5 Å². The fraction of sp³-hybridized carbons (Fsp3) is 0.758. The highest BCUT2D eigenvalue weighted by molar-refractivity contribution is 7.80. The zero-order chi connectivity index (χ0) is 34.2. The fourth-order valence-electron chi connectivity index (χ4n) is 8.93. The summed E-state index contributed by atoms with van der Waals surface area (Å²) in [5.41, 5.74) is -1.91. The Morgan fingerprint density at radius 1 is 1.07 bits per heavy atom. The molecule has 3 saturated carbocycles. The van der Waals surface area contributed by atoms with Gasteiger partial charge in [-0.3, -0.25) is 24.0 Å². The lowest BCUT2D eigenvalue weighted by atomic mass is 9.45.